The van der Waals surface area contributed by atoms with E-state index in [1.165, 1.54) is 0 Å². The van der Waals surface area contributed by atoms with Gasteiger partial charge in [0.15, 0.2) is 5.78 Å². The van der Waals surface area contributed by atoms with Crippen molar-refractivity contribution in [1.82, 2.24) is 0 Å². The standard InChI is InChI=1S/C15H15BrN2O2/c1-10(9-17)14(19)11-5-4-8-18(15(11)20)13-7-3-2-6-12(13)16/h2-3,6-7,10-11H,4-5,8H2,1H3/t10-,11+/m0/s1. The third-order valence-corrected chi connectivity index (χ3v) is 4.22. The number of hydrogen-bond donors (Lipinski definition) is 0. The number of benzene rings is 1. The third kappa shape index (κ3) is 2.75. The van der Waals surface area contributed by atoms with E-state index in [1.54, 1.807) is 11.8 Å². The lowest BCUT2D eigenvalue weighted by molar-refractivity contribution is -0.135. The van der Waals surface area contributed by atoms with Crippen LogP contribution in [0.4, 0.5) is 5.69 Å². The van der Waals surface area contributed by atoms with Crippen LogP contribution < -0.4 is 4.90 Å². The summed E-state index contributed by atoms with van der Waals surface area (Å²) in [6.07, 6.45) is 1.30. The summed E-state index contributed by atoms with van der Waals surface area (Å²) in [6, 6.07) is 9.37. The van der Waals surface area contributed by atoms with E-state index in [2.05, 4.69) is 15.9 Å². The van der Waals surface area contributed by atoms with E-state index in [4.69, 9.17) is 5.26 Å². The van der Waals surface area contributed by atoms with Crippen molar-refractivity contribution in [2.45, 2.75) is 19.8 Å². The first-order chi connectivity index (χ1) is 9.56. The molecule has 0 saturated carbocycles. The normalized spacial score (nSPS) is 20.4. The summed E-state index contributed by atoms with van der Waals surface area (Å²) in [5, 5.41) is 8.85. The van der Waals surface area contributed by atoms with Gasteiger partial charge in [-0.1, -0.05) is 12.1 Å². The molecule has 1 amide bonds. The summed E-state index contributed by atoms with van der Waals surface area (Å²) < 4.78 is 0.829. The quantitative estimate of drug-likeness (QED) is 0.798. The minimum absolute atomic E-state index is 0.199. The van der Waals surface area contributed by atoms with Gasteiger partial charge in [-0.15, -0.1) is 0 Å². The number of carbonyl (C=O) groups excluding carboxylic acids is 2. The monoisotopic (exact) mass is 334 g/mol. The highest BCUT2D eigenvalue weighted by molar-refractivity contribution is 9.10. The van der Waals surface area contributed by atoms with Crippen molar-refractivity contribution in [2.75, 3.05) is 11.4 Å². The smallest absolute Gasteiger partial charge is 0.237 e. The zero-order valence-corrected chi connectivity index (χ0v) is 12.8. The van der Waals surface area contributed by atoms with Gasteiger partial charge in [0.05, 0.1) is 17.7 Å². The molecule has 0 spiro atoms. The molecule has 104 valence electrons. The summed E-state index contributed by atoms with van der Waals surface area (Å²) in [5.74, 6) is -1.89. The predicted octanol–water partition coefficient (Wildman–Crippen LogP) is 2.92. The maximum atomic E-state index is 12.5. The molecule has 1 aliphatic heterocycles. The Morgan fingerprint density at radius 1 is 1.50 bits per heavy atom. The summed E-state index contributed by atoms with van der Waals surface area (Å²) in [5.41, 5.74) is 0.777. The molecule has 4 nitrogen and oxygen atoms in total. The van der Waals surface area contributed by atoms with Crippen LogP contribution in [0.3, 0.4) is 0 Å². The number of hydrogen-bond acceptors (Lipinski definition) is 3. The van der Waals surface area contributed by atoms with Gasteiger partial charge in [-0.2, -0.15) is 5.26 Å². The van der Waals surface area contributed by atoms with Crippen LogP contribution in [0.5, 0.6) is 0 Å². The van der Waals surface area contributed by atoms with Gasteiger partial charge in [-0.25, -0.2) is 0 Å². The number of nitrogens with zero attached hydrogens (tertiary/aromatic N) is 2. The molecule has 1 heterocycles. The molecular weight excluding hydrogens is 320 g/mol. The lowest BCUT2D eigenvalue weighted by Gasteiger charge is -2.32. The number of amides is 1. The minimum atomic E-state index is -0.733. The first-order valence-corrected chi connectivity index (χ1v) is 7.34. The number of nitriles is 1. The molecule has 0 bridgehead atoms. The zero-order chi connectivity index (χ0) is 14.7. The molecule has 0 unspecified atom stereocenters. The molecule has 20 heavy (non-hydrogen) atoms. The number of anilines is 1. The Kier molecular flexibility index (Phi) is 4.56. The first-order valence-electron chi connectivity index (χ1n) is 6.55. The SMILES string of the molecule is C[C@@H](C#N)C(=O)[C@H]1CCCN(c2ccccc2Br)C1=O. The van der Waals surface area contributed by atoms with Crippen molar-refractivity contribution in [2.24, 2.45) is 11.8 Å². The number of carbonyl (C=O) groups is 2. The van der Waals surface area contributed by atoms with Crippen molar-refractivity contribution >= 4 is 33.3 Å². The predicted molar refractivity (Wildman–Crippen MR) is 79.0 cm³/mol. The second-order valence-electron chi connectivity index (χ2n) is 4.89. The van der Waals surface area contributed by atoms with Crippen LogP contribution in [-0.4, -0.2) is 18.2 Å². The van der Waals surface area contributed by atoms with E-state index in [9.17, 15) is 9.59 Å². The Morgan fingerprint density at radius 2 is 2.20 bits per heavy atom. The van der Waals surface area contributed by atoms with Gasteiger partial charge in [0.2, 0.25) is 5.91 Å². The number of Topliss-reactive ketones (excluding diaryl/α,β-unsaturated/α-hetero) is 1. The Hall–Kier alpha value is -1.67. The van der Waals surface area contributed by atoms with Crippen LogP contribution >= 0.6 is 15.9 Å². The van der Waals surface area contributed by atoms with Crippen LogP contribution in [0.2, 0.25) is 0 Å². The molecular formula is C15H15BrN2O2. The van der Waals surface area contributed by atoms with Gasteiger partial charge in [-0.05, 0) is 47.8 Å². The second kappa shape index (κ2) is 6.19. The molecule has 1 fully saturated rings. The maximum Gasteiger partial charge on any atom is 0.237 e. The summed E-state index contributed by atoms with van der Waals surface area (Å²) in [7, 11) is 0. The molecule has 0 aliphatic carbocycles. The molecule has 5 heteroatoms. The van der Waals surface area contributed by atoms with Crippen molar-refractivity contribution in [3.63, 3.8) is 0 Å². The summed E-state index contributed by atoms with van der Waals surface area (Å²) in [6.45, 7) is 2.15. The van der Waals surface area contributed by atoms with Crippen LogP contribution in [0.15, 0.2) is 28.7 Å². The summed E-state index contributed by atoms with van der Waals surface area (Å²) >= 11 is 3.43. The number of para-hydroxylation sites is 1. The number of ketones is 1. The van der Waals surface area contributed by atoms with E-state index < -0.39 is 11.8 Å². The van der Waals surface area contributed by atoms with E-state index in [-0.39, 0.29) is 11.7 Å². The maximum absolute atomic E-state index is 12.5. The fourth-order valence-corrected chi connectivity index (χ4v) is 2.91. The van der Waals surface area contributed by atoms with Gasteiger partial charge < -0.3 is 4.90 Å². The van der Waals surface area contributed by atoms with Crippen molar-refractivity contribution in [3.05, 3.63) is 28.7 Å². The van der Waals surface area contributed by atoms with Gasteiger partial charge >= 0.3 is 0 Å². The highest BCUT2D eigenvalue weighted by Crippen LogP contribution is 2.31. The molecule has 0 aromatic heterocycles. The number of halogens is 1. The lowest BCUT2D eigenvalue weighted by atomic mass is 9.87. The average molecular weight is 335 g/mol. The van der Waals surface area contributed by atoms with Crippen LogP contribution in [0, 0.1) is 23.2 Å². The Morgan fingerprint density at radius 3 is 2.85 bits per heavy atom. The first kappa shape index (κ1) is 14.7. The van der Waals surface area contributed by atoms with E-state index in [0.29, 0.717) is 13.0 Å². The average Bonchev–Trinajstić information content (AvgIpc) is 2.47. The fraction of sp³-hybridized carbons (Fsp3) is 0.400. The second-order valence-corrected chi connectivity index (χ2v) is 5.74. The van der Waals surface area contributed by atoms with Crippen molar-refractivity contribution in [3.8, 4) is 6.07 Å². The van der Waals surface area contributed by atoms with Crippen LogP contribution in [-0.2, 0) is 9.59 Å². The van der Waals surface area contributed by atoms with Crippen molar-refractivity contribution < 1.29 is 9.59 Å². The van der Waals surface area contributed by atoms with E-state index in [0.717, 1.165) is 16.6 Å². The van der Waals surface area contributed by atoms with Crippen molar-refractivity contribution in [1.29, 1.82) is 5.26 Å². The molecule has 0 N–H and O–H groups in total. The number of rotatable bonds is 3. The highest BCUT2D eigenvalue weighted by Gasteiger charge is 2.37. The largest absolute Gasteiger partial charge is 0.311 e. The molecule has 1 saturated heterocycles. The molecule has 0 radical (unpaired) electrons. The zero-order valence-electron chi connectivity index (χ0n) is 11.2. The molecule has 2 atom stereocenters. The van der Waals surface area contributed by atoms with E-state index in [1.807, 2.05) is 30.3 Å². The number of piperidine rings is 1. The Bertz CT molecular complexity index is 579. The van der Waals surface area contributed by atoms with Crippen LogP contribution in [0.1, 0.15) is 19.8 Å². The van der Waals surface area contributed by atoms with Gasteiger partial charge in [0.25, 0.3) is 0 Å². The fourth-order valence-electron chi connectivity index (χ4n) is 2.41. The van der Waals surface area contributed by atoms with E-state index >= 15 is 0 Å². The lowest BCUT2D eigenvalue weighted by Crippen LogP contribution is -2.45. The Balaban J connectivity index is 2.26. The molecule has 1 aliphatic rings. The summed E-state index contributed by atoms with van der Waals surface area (Å²) in [4.78, 5) is 26.3. The third-order valence-electron chi connectivity index (χ3n) is 3.55. The van der Waals surface area contributed by atoms with Gasteiger partial charge in [-0.3, -0.25) is 9.59 Å². The highest BCUT2D eigenvalue weighted by atomic mass is 79.9. The molecule has 1 aromatic rings. The van der Waals surface area contributed by atoms with Gasteiger partial charge in [0.1, 0.15) is 5.92 Å². The Labute approximate surface area is 126 Å². The van der Waals surface area contributed by atoms with Gasteiger partial charge in [0, 0.05) is 11.0 Å². The van der Waals surface area contributed by atoms with Crippen LogP contribution in [0.25, 0.3) is 0 Å². The topological polar surface area (TPSA) is 61.2 Å². The molecule has 2 rings (SSSR count). The minimum Gasteiger partial charge on any atom is -0.311 e. The molecule has 1 aromatic carbocycles.